The van der Waals surface area contributed by atoms with Crippen molar-refractivity contribution < 1.29 is 14.3 Å². The maximum atomic E-state index is 13.1. The quantitative estimate of drug-likeness (QED) is 0.383. The van der Waals surface area contributed by atoms with E-state index in [2.05, 4.69) is 27.3 Å². The lowest BCUT2D eigenvalue weighted by Gasteiger charge is -2.30. The van der Waals surface area contributed by atoms with Crippen LogP contribution in [0.5, 0.6) is 0 Å². The number of carbonyl (C=O) groups excluding carboxylic acids is 2. The summed E-state index contributed by atoms with van der Waals surface area (Å²) in [5.74, 6) is 0.0366. The van der Waals surface area contributed by atoms with E-state index in [0.717, 1.165) is 38.8 Å². The van der Waals surface area contributed by atoms with Gasteiger partial charge in [-0.15, -0.1) is 5.10 Å². The zero-order valence-electron chi connectivity index (χ0n) is 18.2. The number of rotatable bonds is 11. The van der Waals surface area contributed by atoms with E-state index in [1.165, 1.54) is 24.6 Å². The number of esters is 1. The van der Waals surface area contributed by atoms with Gasteiger partial charge >= 0.3 is 5.97 Å². The molecule has 0 aromatic carbocycles. The molecule has 10 heteroatoms. The molecule has 1 saturated heterocycles. The number of hydrogen-bond acceptors (Lipinski definition) is 8. The Morgan fingerprint density at radius 1 is 1.20 bits per heavy atom. The Kier molecular flexibility index (Phi) is 8.92. The van der Waals surface area contributed by atoms with Crippen molar-refractivity contribution in [3.63, 3.8) is 0 Å². The normalized spacial score (nSPS) is 20.0. The van der Waals surface area contributed by atoms with Gasteiger partial charge in [0.05, 0.1) is 24.8 Å². The molecular formula is C20H34N6O3S. The fourth-order valence-corrected chi connectivity index (χ4v) is 5.27. The second-order valence-electron chi connectivity index (χ2n) is 7.95. The van der Waals surface area contributed by atoms with Crippen molar-refractivity contribution in [2.75, 3.05) is 38.5 Å². The lowest BCUT2D eigenvalue weighted by atomic mass is 10.2. The zero-order valence-corrected chi connectivity index (χ0v) is 19.0. The fourth-order valence-electron chi connectivity index (χ4n) is 4.43. The van der Waals surface area contributed by atoms with Gasteiger partial charge in [-0.05, 0) is 56.1 Å². The van der Waals surface area contributed by atoms with E-state index < -0.39 is 0 Å². The summed E-state index contributed by atoms with van der Waals surface area (Å²) in [7, 11) is 0. The number of likely N-dealkylation sites (N-methyl/N-ethyl adjacent to an activating group) is 1. The smallest absolute Gasteiger partial charge is 0.307 e. The molecule has 0 bridgehead atoms. The van der Waals surface area contributed by atoms with Crippen LogP contribution in [0.1, 0.15) is 64.8 Å². The van der Waals surface area contributed by atoms with Crippen molar-refractivity contribution in [2.24, 2.45) is 0 Å². The number of hydrogen-bond donors (Lipinski definition) is 0. The molecule has 0 radical (unpaired) electrons. The van der Waals surface area contributed by atoms with Gasteiger partial charge < -0.3 is 9.64 Å². The summed E-state index contributed by atoms with van der Waals surface area (Å²) >= 11 is 1.39. The molecule has 1 unspecified atom stereocenters. The first-order valence-electron chi connectivity index (χ1n) is 11.2. The molecule has 2 aliphatic rings. The van der Waals surface area contributed by atoms with Crippen LogP contribution >= 0.6 is 11.8 Å². The second kappa shape index (κ2) is 11.6. The SMILES string of the molecule is CCOC(=O)CCN(CC1CCCN1CC)C(=O)CSc1nnnn1C1CCCC1. The lowest BCUT2D eigenvalue weighted by molar-refractivity contribution is -0.144. The third-order valence-electron chi connectivity index (χ3n) is 6.04. The van der Waals surface area contributed by atoms with Crippen molar-refractivity contribution in [2.45, 2.75) is 76.0 Å². The van der Waals surface area contributed by atoms with Gasteiger partial charge in [0.2, 0.25) is 11.1 Å². The molecule has 1 aromatic heterocycles. The van der Waals surface area contributed by atoms with E-state index >= 15 is 0 Å². The summed E-state index contributed by atoms with van der Waals surface area (Å²) in [6.45, 7) is 7.41. The molecule has 1 aliphatic heterocycles. The third kappa shape index (κ3) is 6.16. The van der Waals surface area contributed by atoms with E-state index in [0.29, 0.717) is 36.9 Å². The minimum absolute atomic E-state index is 0.0215. The van der Waals surface area contributed by atoms with Crippen LogP contribution in [-0.4, -0.2) is 86.5 Å². The zero-order chi connectivity index (χ0) is 21.3. The van der Waals surface area contributed by atoms with Crippen molar-refractivity contribution in [1.82, 2.24) is 30.0 Å². The highest BCUT2D eigenvalue weighted by molar-refractivity contribution is 7.99. The summed E-state index contributed by atoms with van der Waals surface area (Å²) in [5, 5.41) is 12.8. The van der Waals surface area contributed by atoms with Crippen LogP contribution in [0.4, 0.5) is 0 Å². The maximum absolute atomic E-state index is 13.1. The number of tetrazole rings is 1. The summed E-state index contributed by atoms with van der Waals surface area (Å²) in [4.78, 5) is 29.2. The summed E-state index contributed by atoms with van der Waals surface area (Å²) in [6.07, 6.45) is 7.05. The molecule has 3 rings (SSSR count). The van der Waals surface area contributed by atoms with E-state index in [9.17, 15) is 9.59 Å². The van der Waals surface area contributed by atoms with Gasteiger partial charge in [-0.1, -0.05) is 31.5 Å². The molecule has 1 aromatic rings. The molecule has 1 saturated carbocycles. The Hall–Kier alpha value is -1.68. The topological polar surface area (TPSA) is 93.4 Å². The minimum Gasteiger partial charge on any atom is -0.466 e. The van der Waals surface area contributed by atoms with E-state index in [4.69, 9.17) is 4.74 Å². The highest BCUT2D eigenvalue weighted by Gasteiger charge is 2.28. The second-order valence-corrected chi connectivity index (χ2v) is 8.89. The highest BCUT2D eigenvalue weighted by Crippen LogP contribution is 2.31. The molecule has 30 heavy (non-hydrogen) atoms. The van der Waals surface area contributed by atoms with Gasteiger partial charge in [-0.25, -0.2) is 4.68 Å². The van der Waals surface area contributed by atoms with Crippen LogP contribution in [0.25, 0.3) is 0 Å². The lowest BCUT2D eigenvalue weighted by Crippen LogP contribution is -2.44. The molecule has 0 N–H and O–H groups in total. The highest BCUT2D eigenvalue weighted by atomic mass is 32.2. The Labute approximate surface area is 182 Å². The molecule has 0 spiro atoms. The van der Waals surface area contributed by atoms with E-state index in [1.807, 2.05) is 9.58 Å². The first kappa shape index (κ1) is 23.0. The van der Waals surface area contributed by atoms with Gasteiger partial charge in [0.1, 0.15) is 0 Å². The van der Waals surface area contributed by atoms with Crippen LogP contribution in [-0.2, 0) is 14.3 Å². The Morgan fingerprint density at radius 3 is 2.73 bits per heavy atom. The molecular weight excluding hydrogens is 404 g/mol. The fraction of sp³-hybridized carbons (Fsp3) is 0.850. The number of thioether (sulfide) groups is 1. The summed E-state index contributed by atoms with van der Waals surface area (Å²) < 4.78 is 6.93. The van der Waals surface area contributed by atoms with Crippen molar-refractivity contribution in [3.05, 3.63) is 0 Å². The average molecular weight is 439 g/mol. The molecule has 9 nitrogen and oxygen atoms in total. The first-order valence-corrected chi connectivity index (χ1v) is 12.2. The molecule has 2 fully saturated rings. The van der Waals surface area contributed by atoms with E-state index in [1.54, 1.807) is 6.92 Å². The van der Waals surface area contributed by atoms with Gasteiger partial charge in [0.25, 0.3) is 0 Å². The molecule has 168 valence electrons. The molecule has 1 aliphatic carbocycles. The molecule has 1 amide bonds. The number of aromatic nitrogens is 4. The van der Waals surface area contributed by atoms with Crippen LogP contribution in [0, 0.1) is 0 Å². The molecule has 1 atom stereocenters. The van der Waals surface area contributed by atoms with Crippen LogP contribution in [0.15, 0.2) is 5.16 Å². The Bertz CT molecular complexity index is 694. The number of nitrogens with zero attached hydrogens (tertiary/aromatic N) is 6. The van der Waals surface area contributed by atoms with Crippen molar-refractivity contribution in [1.29, 1.82) is 0 Å². The predicted molar refractivity (Wildman–Crippen MR) is 114 cm³/mol. The van der Waals surface area contributed by atoms with Gasteiger partial charge in [-0.2, -0.15) is 0 Å². The largest absolute Gasteiger partial charge is 0.466 e. The number of ether oxygens (including phenoxy) is 1. The number of likely N-dealkylation sites (tertiary alicyclic amines) is 1. The van der Waals surface area contributed by atoms with Crippen molar-refractivity contribution in [3.8, 4) is 0 Å². The van der Waals surface area contributed by atoms with Gasteiger partial charge in [0.15, 0.2) is 0 Å². The predicted octanol–water partition coefficient (Wildman–Crippen LogP) is 2.15. The van der Waals surface area contributed by atoms with E-state index in [-0.39, 0.29) is 24.1 Å². The van der Waals surface area contributed by atoms with Crippen molar-refractivity contribution >= 4 is 23.6 Å². The summed E-state index contributed by atoms with van der Waals surface area (Å²) in [6, 6.07) is 0.698. The maximum Gasteiger partial charge on any atom is 0.307 e. The third-order valence-corrected chi connectivity index (χ3v) is 6.96. The Morgan fingerprint density at radius 2 is 2.00 bits per heavy atom. The van der Waals surface area contributed by atoms with Gasteiger partial charge in [0, 0.05) is 19.1 Å². The van der Waals surface area contributed by atoms with Gasteiger partial charge in [-0.3, -0.25) is 14.5 Å². The molecule has 2 heterocycles. The van der Waals surface area contributed by atoms with Crippen LogP contribution in [0.2, 0.25) is 0 Å². The van der Waals surface area contributed by atoms with Crippen LogP contribution in [0.3, 0.4) is 0 Å². The van der Waals surface area contributed by atoms with Crippen LogP contribution < -0.4 is 0 Å². The first-order chi connectivity index (χ1) is 14.6. The number of carbonyl (C=O) groups is 2. The standard InChI is InChI=1S/C20H34N6O3S/c1-3-24-12-7-10-17(24)14-25(13-11-19(28)29-4-2)18(27)15-30-20-21-22-23-26(20)16-8-5-6-9-16/h16-17H,3-15H2,1-2H3. The average Bonchev–Trinajstić information content (AvgIpc) is 3.50. The number of amides is 1. The summed E-state index contributed by atoms with van der Waals surface area (Å²) in [5.41, 5.74) is 0. The Balaban J connectivity index is 1.59. The minimum atomic E-state index is -0.258. The monoisotopic (exact) mass is 438 g/mol.